The minimum absolute atomic E-state index is 0.0152. The van der Waals surface area contributed by atoms with Gasteiger partial charge in [-0.25, -0.2) is 0 Å². The minimum atomic E-state index is -0.0152. The molecule has 0 heterocycles. The number of amides is 1. The smallest absolute Gasteiger partial charge is 0.239 e. The molecule has 0 aliphatic heterocycles. The summed E-state index contributed by atoms with van der Waals surface area (Å²) in [5, 5.41) is 6.72. The Kier molecular flexibility index (Phi) is 5.64. The second-order valence-corrected chi connectivity index (χ2v) is 5.39. The third-order valence-electron chi connectivity index (χ3n) is 3.10. The topological polar surface area (TPSA) is 41.1 Å². The third-order valence-corrected chi connectivity index (χ3v) is 3.33. The molecule has 21 heavy (non-hydrogen) atoms. The summed E-state index contributed by atoms with van der Waals surface area (Å²) in [6.45, 7) is 2.91. The molecule has 0 bridgehead atoms. The molecule has 3 nitrogen and oxygen atoms in total. The normalized spacial score (nSPS) is 10.2. The second kappa shape index (κ2) is 7.70. The first kappa shape index (κ1) is 15.4. The van der Waals surface area contributed by atoms with E-state index in [9.17, 15) is 4.79 Å². The fourth-order valence-corrected chi connectivity index (χ4v) is 2.25. The Balaban J connectivity index is 1.70. The van der Waals surface area contributed by atoms with Crippen molar-refractivity contribution in [2.24, 2.45) is 0 Å². The van der Waals surface area contributed by atoms with Gasteiger partial charge in [-0.2, -0.15) is 0 Å². The Bertz CT molecular complexity index is 613. The van der Waals surface area contributed by atoms with Crippen molar-refractivity contribution in [1.82, 2.24) is 5.32 Å². The zero-order valence-corrected chi connectivity index (χ0v) is 12.8. The van der Waals surface area contributed by atoms with Crippen LogP contribution in [0.25, 0.3) is 0 Å². The van der Waals surface area contributed by atoms with Crippen LogP contribution in [0.1, 0.15) is 11.1 Å². The number of halogens is 1. The van der Waals surface area contributed by atoms with Crippen molar-refractivity contribution in [1.29, 1.82) is 0 Å². The lowest BCUT2D eigenvalue weighted by Gasteiger charge is -2.08. The van der Waals surface area contributed by atoms with Gasteiger partial charge in [-0.1, -0.05) is 35.9 Å². The third kappa shape index (κ3) is 5.48. The van der Waals surface area contributed by atoms with Crippen molar-refractivity contribution in [3.63, 3.8) is 0 Å². The zero-order chi connectivity index (χ0) is 15.1. The summed E-state index contributed by atoms with van der Waals surface area (Å²) < 4.78 is 0. The van der Waals surface area contributed by atoms with E-state index in [0.717, 1.165) is 22.7 Å². The number of aryl methyl sites for hydroxylation is 1. The second-order valence-electron chi connectivity index (χ2n) is 4.95. The van der Waals surface area contributed by atoms with Gasteiger partial charge in [0.05, 0.1) is 6.54 Å². The van der Waals surface area contributed by atoms with Crippen molar-refractivity contribution < 1.29 is 4.79 Å². The largest absolute Gasteiger partial charge is 0.376 e. The highest BCUT2D eigenvalue weighted by Crippen LogP contribution is 2.11. The van der Waals surface area contributed by atoms with Gasteiger partial charge in [-0.3, -0.25) is 4.79 Å². The summed E-state index contributed by atoms with van der Waals surface area (Å²) in [5.74, 6) is -0.0152. The highest BCUT2D eigenvalue weighted by molar-refractivity contribution is 6.30. The highest BCUT2D eigenvalue weighted by Gasteiger charge is 2.01. The average molecular weight is 303 g/mol. The van der Waals surface area contributed by atoms with Crippen LogP contribution in [-0.4, -0.2) is 19.0 Å². The van der Waals surface area contributed by atoms with E-state index < -0.39 is 0 Å². The van der Waals surface area contributed by atoms with Crippen LogP contribution in [0.4, 0.5) is 5.69 Å². The number of nitrogens with one attached hydrogen (secondary N) is 2. The molecule has 0 fully saturated rings. The molecule has 0 atom stereocenters. The van der Waals surface area contributed by atoms with E-state index in [2.05, 4.69) is 10.6 Å². The van der Waals surface area contributed by atoms with Crippen LogP contribution in [0, 0.1) is 6.92 Å². The number of anilines is 1. The first-order chi connectivity index (χ1) is 10.1. The molecule has 0 aliphatic rings. The van der Waals surface area contributed by atoms with Gasteiger partial charge in [-0.05, 0) is 48.7 Å². The standard InChI is InChI=1S/C17H19ClN2O/c1-13-4-2-7-16(10-13)20-12-17(21)19-9-8-14-5-3-6-15(18)11-14/h2-7,10-11,20H,8-9,12H2,1H3,(H,19,21). The Hall–Kier alpha value is -2.00. The van der Waals surface area contributed by atoms with Gasteiger partial charge in [0, 0.05) is 17.3 Å². The molecule has 0 aromatic heterocycles. The highest BCUT2D eigenvalue weighted by atomic mass is 35.5. The monoisotopic (exact) mass is 302 g/mol. The van der Waals surface area contributed by atoms with Crippen LogP contribution in [0.15, 0.2) is 48.5 Å². The van der Waals surface area contributed by atoms with Crippen LogP contribution in [0.3, 0.4) is 0 Å². The molecule has 4 heteroatoms. The van der Waals surface area contributed by atoms with Crippen molar-refractivity contribution in [2.75, 3.05) is 18.4 Å². The molecule has 0 radical (unpaired) electrons. The number of hydrogen-bond donors (Lipinski definition) is 2. The van der Waals surface area contributed by atoms with Gasteiger partial charge in [0.25, 0.3) is 0 Å². The summed E-state index contributed by atoms with van der Waals surface area (Å²) >= 11 is 5.92. The lowest BCUT2D eigenvalue weighted by atomic mass is 10.1. The quantitative estimate of drug-likeness (QED) is 0.858. The molecule has 2 aromatic rings. The van der Waals surface area contributed by atoms with E-state index in [1.807, 2.05) is 55.5 Å². The van der Waals surface area contributed by atoms with Gasteiger partial charge < -0.3 is 10.6 Å². The number of rotatable bonds is 6. The summed E-state index contributed by atoms with van der Waals surface area (Å²) in [7, 11) is 0. The molecular formula is C17H19ClN2O. The number of carbonyl (C=O) groups excluding carboxylic acids is 1. The summed E-state index contributed by atoms with van der Waals surface area (Å²) in [6, 6.07) is 15.6. The van der Waals surface area contributed by atoms with E-state index in [0.29, 0.717) is 6.54 Å². The SMILES string of the molecule is Cc1cccc(NCC(=O)NCCc2cccc(Cl)c2)c1. The Morgan fingerprint density at radius 3 is 2.71 bits per heavy atom. The number of hydrogen-bond acceptors (Lipinski definition) is 2. The number of carbonyl (C=O) groups is 1. The molecule has 0 unspecified atom stereocenters. The zero-order valence-electron chi connectivity index (χ0n) is 12.0. The summed E-state index contributed by atoms with van der Waals surface area (Å²) in [4.78, 5) is 11.8. The van der Waals surface area contributed by atoms with E-state index >= 15 is 0 Å². The van der Waals surface area contributed by atoms with Crippen molar-refractivity contribution >= 4 is 23.2 Å². The van der Waals surface area contributed by atoms with Gasteiger partial charge in [0.1, 0.15) is 0 Å². The number of benzene rings is 2. The van der Waals surface area contributed by atoms with Crippen LogP contribution >= 0.6 is 11.6 Å². The molecule has 1 amide bonds. The molecular weight excluding hydrogens is 284 g/mol. The van der Waals surface area contributed by atoms with Gasteiger partial charge >= 0.3 is 0 Å². The van der Waals surface area contributed by atoms with E-state index in [4.69, 9.17) is 11.6 Å². The average Bonchev–Trinajstić information content (AvgIpc) is 2.45. The predicted octanol–water partition coefficient (Wildman–Crippen LogP) is 3.42. The van der Waals surface area contributed by atoms with E-state index in [-0.39, 0.29) is 12.5 Å². The molecule has 110 valence electrons. The minimum Gasteiger partial charge on any atom is -0.376 e. The van der Waals surface area contributed by atoms with Crippen LogP contribution in [0.2, 0.25) is 5.02 Å². The van der Waals surface area contributed by atoms with Crippen molar-refractivity contribution in [3.8, 4) is 0 Å². The summed E-state index contributed by atoms with van der Waals surface area (Å²) in [6.07, 6.45) is 0.775. The molecule has 2 rings (SSSR count). The molecule has 0 aliphatic carbocycles. The fourth-order valence-electron chi connectivity index (χ4n) is 2.04. The van der Waals surface area contributed by atoms with Gasteiger partial charge in [0.2, 0.25) is 5.91 Å². The van der Waals surface area contributed by atoms with Crippen LogP contribution < -0.4 is 10.6 Å². The van der Waals surface area contributed by atoms with Gasteiger partial charge in [0.15, 0.2) is 0 Å². The molecule has 0 spiro atoms. The van der Waals surface area contributed by atoms with Crippen molar-refractivity contribution in [3.05, 3.63) is 64.7 Å². The lowest BCUT2D eigenvalue weighted by molar-refractivity contribution is -0.119. The Labute approximate surface area is 130 Å². The predicted molar refractivity (Wildman–Crippen MR) is 87.8 cm³/mol. The summed E-state index contributed by atoms with van der Waals surface area (Å²) in [5.41, 5.74) is 3.25. The maximum Gasteiger partial charge on any atom is 0.239 e. The Morgan fingerprint density at radius 2 is 1.95 bits per heavy atom. The fraction of sp³-hybridized carbons (Fsp3) is 0.235. The Morgan fingerprint density at radius 1 is 1.14 bits per heavy atom. The maximum atomic E-state index is 11.8. The van der Waals surface area contributed by atoms with E-state index in [1.165, 1.54) is 5.56 Å². The maximum absolute atomic E-state index is 11.8. The van der Waals surface area contributed by atoms with Crippen molar-refractivity contribution in [2.45, 2.75) is 13.3 Å². The molecule has 2 N–H and O–H groups in total. The van der Waals surface area contributed by atoms with E-state index in [1.54, 1.807) is 0 Å². The first-order valence-corrected chi connectivity index (χ1v) is 7.33. The lowest BCUT2D eigenvalue weighted by Crippen LogP contribution is -2.31. The molecule has 0 saturated heterocycles. The van der Waals surface area contributed by atoms with Crippen LogP contribution in [0.5, 0.6) is 0 Å². The van der Waals surface area contributed by atoms with Crippen LogP contribution in [-0.2, 0) is 11.2 Å². The molecule has 2 aromatic carbocycles. The first-order valence-electron chi connectivity index (χ1n) is 6.95. The molecule has 0 saturated carbocycles. The van der Waals surface area contributed by atoms with Gasteiger partial charge in [-0.15, -0.1) is 0 Å².